The third kappa shape index (κ3) is 6.37. The summed E-state index contributed by atoms with van der Waals surface area (Å²) in [5, 5.41) is 6.65. The Hall–Kier alpha value is -2.77. The summed E-state index contributed by atoms with van der Waals surface area (Å²) in [6.45, 7) is 7.85. The van der Waals surface area contributed by atoms with Crippen molar-refractivity contribution < 1.29 is 14.2 Å². The van der Waals surface area contributed by atoms with Crippen molar-refractivity contribution in [3.8, 4) is 11.5 Å². The summed E-state index contributed by atoms with van der Waals surface area (Å²) in [7, 11) is 3.39. The average Bonchev–Trinajstić information content (AvgIpc) is 2.79. The number of aliphatic imine (C=N–C) groups is 1. The fourth-order valence-corrected chi connectivity index (χ4v) is 3.30. The molecule has 0 unspecified atom stereocenters. The van der Waals surface area contributed by atoms with Crippen molar-refractivity contribution in [2.24, 2.45) is 4.99 Å². The number of morpholine rings is 1. The fraction of sp³-hybridized carbons (Fsp3) is 0.435. The molecule has 3 rings (SSSR count). The highest BCUT2D eigenvalue weighted by Crippen LogP contribution is 2.30. The first-order valence-corrected chi connectivity index (χ1v) is 10.4. The van der Waals surface area contributed by atoms with Crippen LogP contribution in [0.2, 0.25) is 0 Å². The minimum atomic E-state index is 0.578. The second-order valence-corrected chi connectivity index (χ2v) is 7.05. The van der Waals surface area contributed by atoms with Gasteiger partial charge in [-0.1, -0.05) is 24.3 Å². The van der Waals surface area contributed by atoms with Crippen molar-refractivity contribution in [2.75, 3.05) is 52.4 Å². The zero-order valence-corrected chi connectivity index (χ0v) is 18.1. The maximum Gasteiger partial charge on any atom is 0.195 e. The second kappa shape index (κ2) is 11.4. The van der Waals surface area contributed by atoms with E-state index in [-0.39, 0.29) is 0 Å². The Morgan fingerprint density at radius 1 is 1.07 bits per heavy atom. The zero-order chi connectivity index (χ0) is 21.2. The molecule has 2 N–H and O–H groups in total. The molecule has 2 aromatic carbocycles. The van der Waals surface area contributed by atoms with Crippen LogP contribution in [0.3, 0.4) is 0 Å². The number of guanidine groups is 1. The Balaban J connectivity index is 1.53. The van der Waals surface area contributed by atoms with E-state index in [1.54, 1.807) is 14.2 Å². The largest absolute Gasteiger partial charge is 0.493 e. The lowest BCUT2D eigenvalue weighted by atomic mass is 10.1. The van der Waals surface area contributed by atoms with Crippen molar-refractivity contribution in [1.29, 1.82) is 0 Å². The predicted molar refractivity (Wildman–Crippen MR) is 121 cm³/mol. The molecule has 1 saturated heterocycles. The normalized spacial score (nSPS) is 15.0. The van der Waals surface area contributed by atoms with Crippen molar-refractivity contribution >= 4 is 11.6 Å². The van der Waals surface area contributed by atoms with E-state index in [9.17, 15) is 0 Å². The minimum Gasteiger partial charge on any atom is -0.493 e. The first kappa shape index (κ1) is 21.9. The Bertz CT molecular complexity index is 818. The van der Waals surface area contributed by atoms with E-state index in [2.05, 4.69) is 44.8 Å². The summed E-state index contributed by atoms with van der Waals surface area (Å²) >= 11 is 0. The molecule has 162 valence electrons. The fourth-order valence-electron chi connectivity index (χ4n) is 3.30. The van der Waals surface area contributed by atoms with Crippen LogP contribution in [0.25, 0.3) is 0 Å². The molecule has 1 fully saturated rings. The van der Waals surface area contributed by atoms with Gasteiger partial charge in [-0.3, -0.25) is 9.89 Å². The van der Waals surface area contributed by atoms with Crippen molar-refractivity contribution in [1.82, 2.24) is 10.2 Å². The molecule has 7 nitrogen and oxygen atoms in total. The lowest BCUT2D eigenvalue weighted by Crippen LogP contribution is -2.35. The number of nitrogens with zero attached hydrogens (tertiary/aromatic N) is 2. The number of anilines is 1. The highest BCUT2D eigenvalue weighted by molar-refractivity contribution is 5.93. The van der Waals surface area contributed by atoms with Crippen molar-refractivity contribution in [3.05, 3.63) is 53.6 Å². The molecule has 0 bridgehead atoms. The molecule has 0 atom stereocenters. The van der Waals surface area contributed by atoms with E-state index >= 15 is 0 Å². The smallest absolute Gasteiger partial charge is 0.195 e. The van der Waals surface area contributed by atoms with Gasteiger partial charge >= 0.3 is 0 Å². The van der Waals surface area contributed by atoms with Crippen LogP contribution in [-0.4, -0.2) is 57.9 Å². The van der Waals surface area contributed by atoms with E-state index < -0.39 is 0 Å². The van der Waals surface area contributed by atoms with E-state index in [1.165, 1.54) is 11.1 Å². The molecule has 0 spiro atoms. The van der Waals surface area contributed by atoms with Crippen LogP contribution in [0.5, 0.6) is 11.5 Å². The summed E-state index contributed by atoms with van der Waals surface area (Å²) in [5.41, 5.74) is 3.41. The molecular formula is C23H32N4O3. The van der Waals surface area contributed by atoms with E-state index in [0.29, 0.717) is 30.6 Å². The standard InChI is InChI=1S/C23H32N4O3/c1-4-30-22-15-20(9-10-21(22)28-3)26-23(24-2)25-16-18-5-7-19(8-6-18)17-27-11-13-29-14-12-27/h5-10,15H,4,11-14,16-17H2,1-3H3,(H2,24,25,26). The summed E-state index contributed by atoms with van der Waals surface area (Å²) < 4.78 is 16.4. The third-order valence-corrected chi connectivity index (χ3v) is 4.94. The number of nitrogens with one attached hydrogen (secondary N) is 2. The van der Waals surface area contributed by atoms with Crippen LogP contribution in [0.1, 0.15) is 18.1 Å². The molecule has 0 aromatic heterocycles. The first-order valence-electron chi connectivity index (χ1n) is 10.4. The van der Waals surface area contributed by atoms with E-state index in [1.807, 2.05) is 25.1 Å². The summed E-state index contributed by atoms with van der Waals surface area (Å²) in [6.07, 6.45) is 0. The van der Waals surface area contributed by atoms with Crippen molar-refractivity contribution in [3.63, 3.8) is 0 Å². The maximum atomic E-state index is 5.64. The van der Waals surface area contributed by atoms with Gasteiger partial charge in [0.05, 0.1) is 26.9 Å². The van der Waals surface area contributed by atoms with Gasteiger partial charge in [-0.15, -0.1) is 0 Å². The molecule has 2 aromatic rings. The Labute approximate surface area is 179 Å². The van der Waals surface area contributed by atoms with Gasteiger partial charge in [-0.05, 0) is 30.2 Å². The monoisotopic (exact) mass is 412 g/mol. The number of ether oxygens (including phenoxy) is 3. The average molecular weight is 413 g/mol. The van der Waals surface area contributed by atoms with Gasteiger partial charge in [0.2, 0.25) is 0 Å². The lowest BCUT2D eigenvalue weighted by molar-refractivity contribution is 0.0342. The van der Waals surface area contributed by atoms with Crippen LogP contribution in [0, 0.1) is 0 Å². The molecule has 1 heterocycles. The Morgan fingerprint density at radius 3 is 2.47 bits per heavy atom. The number of benzene rings is 2. The highest BCUT2D eigenvalue weighted by atomic mass is 16.5. The van der Waals surface area contributed by atoms with Gasteiger partial charge < -0.3 is 24.8 Å². The quantitative estimate of drug-likeness (QED) is 0.513. The van der Waals surface area contributed by atoms with Gasteiger partial charge in [0.15, 0.2) is 17.5 Å². The molecule has 1 aliphatic heterocycles. The molecule has 0 saturated carbocycles. The van der Waals surface area contributed by atoms with Crippen LogP contribution >= 0.6 is 0 Å². The molecule has 0 radical (unpaired) electrons. The Morgan fingerprint density at radius 2 is 1.80 bits per heavy atom. The summed E-state index contributed by atoms with van der Waals surface area (Å²) in [6, 6.07) is 14.5. The number of hydrogen-bond donors (Lipinski definition) is 2. The lowest BCUT2D eigenvalue weighted by Gasteiger charge is -2.26. The first-order chi connectivity index (χ1) is 14.7. The van der Waals surface area contributed by atoms with E-state index in [4.69, 9.17) is 14.2 Å². The summed E-state index contributed by atoms with van der Waals surface area (Å²) in [5.74, 6) is 2.11. The molecule has 30 heavy (non-hydrogen) atoms. The number of rotatable bonds is 8. The topological polar surface area (TPSA) is 67.4 Å². The van der Waals surface area contributed by atoms with Gasteiger partial charge in [0, 0.05) is 45.0 Å². The van der Waals surface area contributed by atoms with Crippen LogP contribution in [0.4, 0.5) is 5.69 Å². The molecule has 7 heteroatoms. The molecular weight excluding hydrogens is 380 g/mol. The second-order valence-electron chi connectivity index (χ2n) is 7.05. The van der Waals surface area contributed by atoms with Crippen molar-refractivity contribution in [2.45, 2.75) is 20.0 Å². The van der Waals surface area contributed by atoms with Crippen LogP contribution < -0.4 is 20.1 Å². The molecule has 0 amide bonds. The SMILES string of the molecule is CCOc1cc(NC(=NC)NCc2ccc(CN3CCOCC3)cc2)ccc1OC. The molecule has 0 aliphatic carbocycles. The maximum absolute atomic E-state index is 5.64. The number of methoxy groups -OCH3 is 1. The van der Waals surface area contributed by atoms with Gasteiger partial charge in [0.1, 0.15) is 0 Å². The van der Waals surface area contributed by atoms with E-state index in [0.717, 1.165) is 38.5 Å². The highest BCUT2D eigenvalue weighted by Gasteiger charge is 2.11. The minimum absolute atomic E-state index is 0.578. The van der Waals surface area contributed by atoms with Gasteiger partial charge in [0.25, 0.3) is 0 Å². The Kier molecular flexibility index (Phi) is 8.35. The summed E-state index contributed by atoms with van der Waals surface area (Å²) in [4.78, 5) is 6.74. The third-order valence-electron chi connectivity index (χ3n) is 4.94. The van der Waals surface area contributed by atoms with Crippen LogP contribution in [0.15, 0.2) is 47.5 Å². The van der Waals surface area contributed by atoms with Crippen LogP contribution in [-0.2, 0) is 17.8 Å². The van der Waals surface area contributed by atoms with Gasteiger partial charge in [-0.25, -0.2) is 0 Å². The van der Waals surface area contributed by atoms with Gasteiger partial charge in [-0.2, -0.15) is 0 Å². The zero-order valence-electron chi connectivity index (χ0n) is 18.1. The number of hydrogen-bond acceptors (Lipinski definition) is 5. The predicted octanol–water partition coefficient (Wildman–Crippen LogP) is 3.11. The molecule has 1 aliphatic rings.